The van der Waals surface area contributed by atoms with E-state index in [1.54, 1.807) is 30.7 Å². The van der Waals surface area contributed by atoms with Gasteiger partial charge < -0.3 is 19.1 Å². The van der Waals surface area contributed by atoms with E-state index in [4.69, 9.17) is 9.26 Å². The molecule has 0 saturated carbocycles. The molecule has 1 atom stereocenters. The highest BCUT2D eigenvalue weighted by Crippen LogP contribution is 2.24. The van der Waals surface area contributed by atoms with Gasteiger partial charge in [0.1, 0.15) is 11.8 Å². The van der Waals surface area contributed by atoms with Crippen molar-refractivity contribution >= 4 is 11.7 Å². The number of benzene rings is 2. The van der Waals surface area contributed by atoms with Gasteiger partial charge in [-0.3, -0.25) is 9.59 Å². The lowest BCUT2D eigenvalue weighted by molar-refractivity contribution is 0.0933. The molecule has 4 rings (SSSR count). The van der Waals surface area contributed by atoms with E-state index in [2.05, 4.69) is 26.5 Å². The van der Waals surface area contributed by atoms with Crippen molar-refractivity contribution < 1.29 is 18.8 Å². The fourth-order valence-corrected chi connectivity index (χ4v) is 4.00. The van der Waals surface area contributed by atoms with Crippen molar-refractivity contribution in [1.82, 2.24) is 25.0 Å². The summed E-state index contributed by atoms with van der Waals surface area (Å²) in [5, 5.41) is 16.5. The second-order valence-electron chi connectivity index (χ2n) is 9.20. The molecule has 0 radical (unpaired) electrons. The molecule has 10 nitrogen and oxygen atoms in total. The first-order valence-corrected chi connectivity index (χ1v) is 12.1. The van der Waals surface area contributed by atoms with Gasteiger partial charge in [0.25, 0.3) is 5.91 Å². The molecule has 10 heteroatoms. The number of Topliss-reactive ketones (excluding diaryl/α,β-unsaturated/α-hetero) is 1. The van der Waals surface area contributed by atoms with Crippen molar-refractivity contribution in [2.75, 3.05) is 0 Å². The summed E-state index contributed by atoms with van der Waals surface area (Å²) in [5.74, 6) is 1.06. The molecule has 38 heavy (non-hydrogen) atoms. The summed E-state index contributed by atoms with van der Waals surface area (Å²) in [7, 11) is 1.78. The lowest BCUT2D eigenvalue weighted by Gasteiger charge is -2.17. The molecule has 0 spiro atoms. The topological polar surface area (TPSA) is 136 Å². The lowest BCUT2D eigenvalue weighted by Crippen LogP contribution is -2.31. The Labute approximate surface area is 220 Å². The van der Waals surface area contributed by atoms with Crippen molar-refractivity contribution in [2.45, 2.75) is 46.3 Å². The van der Waals surface area contributed by atoms with E-state index in [1.807, 2.05) is 44.3 Å². The van der Waals surface area contributed by atoms with Crippen LogP contribution < -0.4 is 10.1 Å². The summed E-state index contributed by atoms with van der Waals surface area (Å²) in [6.45, 7) is 6.90. The Balaban J connectivity index is 1.55. The van der Waals surface area contributed by atoms with Gasteiger partial charge in [-0.1, -0.05) is 29.4 Å². The molecular weight excluding hydrogens is 484 g/mol. The molecule has 2 aromatic heterocycles. The summed E-state index contributed by atoms with van der Waals surface area (Å²) >= 11 is 0. The van der Waals surface area contributed by atoms with Crippen LogP contribution in [0.4, 0.5) is 0 Å². The van der Waals surface area contributed by atoms with E-state index in [-0.39, 0.29) is 23.4 Å². The van der Waals surface area contributed by atoms with Crippen LogP contribution in [0.5, 0.6) is 5.75 Å². The smallest absolute Gasteiger partial charge is 0.251 e. The van der Waals surface area contributed by atoms with Crippen LogP contribution in [0.25, 0.3) is 11.3 Å². The average molecular weight is 513 g/mol. The highest BCUT2D eigenvalue weighted by Gasteiger charge is 2.22. The molecule has 1 unspecified atom stereocenters. The van der Waals surface area contributed by atoms with Gasteiger partial charge in [0.05, 0.1) is 23.4 Å². The van der Waals surface area contributed by atoms with Gasteiger partial charge in [-0.2, -0.15) is 10.2 Å². The number of carbonyl (C=O) groups is 2. The zero-order chi connectivity index (χ0) is 27.4. The summed E-state index contributed by atoms with van der Waals surface area (Å²) in [6, 6.07) is 13.9. The number of nitriles is 1. The predicted octanol–water partition coefficient (Wildman–Crippen LogP) is 4.35. The zero-order valence-corrected chi connectivity index (χ0v) is 21.8. The Kier molecular flexibility index (Phi) is 7.67. The van der Waals surface area contributed by atoms with Crippen LogP contribution in [0, 0.1) is 18.3 Å². The summed E-state index contributed by atoms with van der Waals surface area (Å²) in [4.78, 5) is 33.7. The van der Waals surface area contributed by atoms with Gasteiger partial charge in [0.2, 0.25) is 5.89 Å². The standard InChI is InChI=1S/C28H28N6O4/c1-16(2)37-25-11-10-21(13-22(25)14-29)28(36)32-23(26-30-18(4)38-33-26)12-19-6-8-20(9-7-19)24-15-34(5)27(31-24)17(3)35/h6-11,13,15-16,23H,12H2,1-5H3,(H,32,36). The quantitative estimate of drug-likeness (QED) is 0.327. The third-order valence-electron chi connectivity index (χ3n) is 5.77. The van der Waals surface area contributed by atoms with E-state index >= 15 is 0 Å². The largest absolute Gasteiger partial charge is 0.490 e. The summed E-state index contributed by atoms with van der Waals surface area (Å²) in [6.07, 6.45) is 2.10. The highest BCUT2D eigenvalue weighted by atomic mass is 16.5. The van der Waals surface area contributed by atoms with Crippen LogP contribution in [0.3, 0.4) is 0 Å². The Hall–Kier alpha value is -4.78. The number of hydrogen-bond donors (Lipinski definition) is 1. The Morgan fingerprint density at radius 2 is 1.89 bits per heavy atom. The van der Waals surface area contributed by atoms with Gasteiger partial charge >= 0.3 is 0 Å². The number of rotatable bonds is 9. The molecule has 0 aliphatic rings. The highest BCUT2D eigenvalue weighted by molar-refractivity contribution is 5.95. The number of nitrogens with zero attached hydrogens (tertiary/aromatic N) is 5. The SMILES string of the molecule is CC(=O)c1nc(-c2ccc(CC(NC(=O)c3ccc(OC(C)C)c(C#N)c3)c3noc(C)n3)cc2)cn1C. The van der Waals surface area contributed by atoms with Crippen LogP contribution in [-0.2, 0) is 13.5 Å². The lowest BCUT2D eigenvalue weighted by atomic mass is 10.0. The molecular formula is C28H28N6O4. The minimum Gasteiger partial charge on any atom is -0.490 e. The second kappa shape index (κ2) is 11.1. The van der Waals surface area contributed by atoms with Gasteiger partial charge in [0, 0.05) is 44.6 Å². The van der Waals surface area contributed by atoms with Crippen molar-refractivity contribution in [3.8, 4) is 23.1 Å². The number of aryl methyl sites for hydroxylation is 2. The molecule has 1 N–H and O–H groups in total. The minimum absolute atomic E-state index is 0.103. The van der Waals surface area contributed by atoms with Crippen LogP contribution in [0.2, 0.25) is 0 Å². The third-order valence-corrected chi connectivity index (χ3v) is 5.77. The number of aromatic nitrogens is 4. The summed E-state index contributed by atoms with van der Waals surface area (Å²) < 4.78 is 12.5. The first-order chi connectivity index (χ1) is 18.1. The molecule has 2 heterocycles. The zero-order valence-electron chi connectivity index (χ0n) is 21.8. The van der Waals surface area contributed by atoms with Gasteiger partial charge in [-0.15, -0.1) is 0 Å². The number of hydrogen-bond acceptors (Lipinski definition) is 8. The number of imidazole rings is 1. The Bertz CT molecular complexity index is 1510. The number of carbonyl (C=O) groups excluding carboxylic acids is 2. The number of amides is 1. The second-order valence-corrected chi connectivity index (χ2v) is 9.20. The molecule has 0 aliphatic carbocycles. The number of ketones is 1. The van der Waals surface area contributed by atoms with Crippen LogP contribution in [-0.4, -0.2) is 37.5 Å². The first-order valence-electron chi connectivity index (χ1n) is 12.1. The van der Waals surface area contributed by atoms with E-state index in [0.717, 1.165) is 11.1 Å². The molecule has 4 aromatic rings. The fraction of sp³-hybridized carbons (Fsp3) is 0.286. The molecule has 194 valence electrons. The van der Waals surface area contributed by atoms with Gasteiger partial charge in [0.15, 0.2) is 17.4 Å². The van der Waals surface area contributed by atoms with Gasteiger partial charge in [-0.25, -0.2) is 4.98 Å². The maximum atomic E-state index is 13.2. The van der Waals surface area contributed by atoms with Crippen LogP contribution >= 0.6 is 0 Å². The van der Waals surface area contributed by atoms with Crippen molar-refractivity contribution in [3.05, 3.63) is 82.9 Å². The third kappa shape index (κ3) is 5.95. The van der Waals surface area contributed by atoms with Crippen molar-refractivity contribution in [2.24, 2.45) is 7.05 Å². The maximum absolute atomic E-state index is 13.2. The monoisotopic (exact) mass is 512 g/mol. The van der Waals surface area contributed by atoms with E-state index < -0.39 is 6.04 Å². The molecule has 0 fully saturated rings. The molecule has 2 aromatic carbocycles. The van der Waals surface area contributed by atoms with E-state index in [9.17, 15) is 14.9 Å². The molecule has 1 amide bonds. The molecule has 0 bridgehead atoms. The van der Waals surface area contributed by atoms with E-state index in [0.29, 0.717) is 41.0 Å². The normalized spacial score (nSPS) is 11.7. The first kappa shape index (κ1) is 26.3. The average Bonchev–Trinajstić information content (AvgIpc) is 3.49. The van der Waals surface area contributed by atoms with E-state index in [1.165, 1.54) is 13.0 Å². The molecule has 0 saturated heterocycles. The van der Waals surface area contributed by atoms with Crippen LogP contribution in [0.15, 0.2) is 53.2 Å². The minimum atomic E-state index is -0.581. The van der Waals surface area contributed by atoms with Crippen molar-refractivity contribution in [1.29, 1.82) is 5.26 Å². The maximum Gasteiger partial charge on any atom is 0.251 e. The van der Waals surface area contributed by atoms with Gasteiger partial charge in [-0.05, 0) is 37.6 Å². The number of ether oxygens (including phenoxy) is 1. The Morgan fingerprint density at radius 3 is 2.47 bits per heavy atom. The van der Waals surface area contributed by atoms with Crippen molar-refractivity contribution in [3.63, 3.8) is 0 Å². The molecule has 0 aliphatic heterocycles. The fourth-order valence-electron chi connectivity index (χ4n) is 4.00. The predicted molar refractivity (Wildman–Crippen MR) is 139 cm³/mol. The Morgan fingerprint density at radius 1 is 1.16 bits per heavy atom. The number of nitrogens with one attached hydrogen (secondary N) is 1. The van der Waals surface area contributed by atoms with Crippen LogP contribution in [0.1, 0.15) is 70.6 Å². The summed E-state index contributed by atoms with van der Waals surface area (Å²) in [5.41, 5.74) is 3.07.